The van der Waals surface area contributed by atoms with Crippen molar-refractivity contribution in [2.45, 2.75) is 18.9 Å². The topological polar surface area (TPSA) is 82.0 Å². The first-order chi connectivity index (χ1) is 16.2. The maximum absolute atomic E-state index is 13.5. The van der Waals surface area contributed by atoms with Gasteiger partial charge in [0.15, 0.2) is 0 Å². The summed E-state index contributed by atoms with van der Waals surface area (Å²) in [4.78, 5) is 19.5. The molecule has 3 heterocycles. The van der Waals surface area contributed by atoms with Crippen LogP contribution in [0, 0.1) is 5.92 Å². The van der Waals surface area contributed by atoms with Crippen molar-refractivity contribution in [2.24, 2.45) is 13.0 Å². The molecule has 0 aliphatic carbocycles. The summed E-state index contributed by atoms with van der Waals surface area (Å²) in [6.45, 7) is 9.70. The molecule has 0 unspecified atom stereocenters. The van der Waals surface area contributed by atoms with E-state index < -0.39 is 10.0 Å². The number of aryl methyl sites for hydroxylation is 1. The van der Waals surface area contributed by atoms with Gasteiger partial charge >= 0.3 is 0 Å². The molecule has 0 bridgehead atoms. The van der Waals surface area contributed by atoms with Crippen LogP contribution >= 0.6 is 11.6 Å². The van der Waals surface area contributed by atoms with Gasteiger partial charge in [0, 0.05) is 72.1 Å². The molecule has 2 aromatic rings. The van der Waals surface area contributed by atoms with Crippen molar-refractivity contribution >= 4 is 33.2 Å². The van der Waals surface area contributed by atoms with Crippen molar-refractivity contribution < 1.29 is 13.2 Å². The predicted octanol–water partition coefficient (Wildman–Crippen LogP) is 2.00. The highest BCUT2D eigenvalue weighted by molar-refractivity contribution is 7.89. The maximum atomic E-state index is 13.5. The summed E-state index contributed by atoms with van der Waals surface area (Å²) in [5.41, 5.74) is 1.04. The lowest BCUT2D eigenvalue weighted by Gasteiger charge is -2.36. The Morgan fingerprint density at radius 3 is 2.29 bits per heavy atom. The molecular formula is C23H33ClN6O3S. The Morgan fingerprint density at radius 1 is 1.03 bits per heavy atom. The number of carbonyl (C=O) groups is 1. The molecule has 1 aromatic carbocycles. The lowest BCUT2D eigenvalue weighted by molar-refractivity contribution is 0.0620. The largest absolute Gasteiger partial charge is 0.368 e. The molecule has 2 fully saturated rings. The van der Waals surface area contributed by atoms with Crippen LogP contribution in [0.2, 0.25) is 5.02 Å². The molecule has 0 saturated carbocycles. The minimum absolute atomic E-state index is 0.147. The van der Waals surface area contributed by atoms with Gasteiger partial charge in [-0.05, 0) is 18.1 Å². The van der Waals surface area contributed by atoms with Crippen LogP contribution in [0.25, 0.3) is 0 Å². The van der Waals surface area contributed by atoms with E-state index in [0.29, 0.717) is 50.2 Å². The molecule has 2 aliphatic heterocycles. The van der Waals surface area contributed by atoms with Crippen LogP contribution in [0.5, 0.6) is 0 Å². The first-order valence-corrected chi connectivity index (χ1v) is 13.5. The summed E-state index contributed by atoms with van der Waals surface area (Å²) in [7, 11) is -2.27. The average Bonchev–Trinajstić information content (AvgIpc) is 3.22. The third-order valence-electron chi connectivity index (χ3n) is 6.32. The number of carbonyl (C=O) groups excluding carboxylic acids is 1. The molecule has 11 heteroatoms. The van der Waals surface area contributed by atoms with Gasteiger partial charge in [-0.2, -0.15) is 9.40 Å². The molecule has 186 valence electrons. The fourth-order valence-corrected chi connectivity index (χ4v) is 6.42. The summed E-state index contributed by atoms with van der Waals surface area (Å²) in [5, 5.41) is 4.70. The Bertz CT molecular complexity index is 1120. The van der Waals surface area contributed by atoms with Crippen LogP contribution in [-0.2, 0) is 17.1 Å². The van der Waals surface area contributed by atoms with Gasteiger partial charge in [0.2, 0.25) is 5.03 Å². The quantitative estimate of drug-likeness (QED) is 0.593. The third kappa shape index (κ3) is 5.25. The second-order valence-corrected chi connectivity index (χ2v) is 11.6. The van der Waals surface area contributed by atoms with Crippen molar-refractivity contribution in [1.82, 2.24) is 23.9 Å². The summed E-state index contributed by atoms with van der Waals surface area (Å²) in [5.74, 6) is 0.293. The van der Waals surface area contributed by atoms with Gasteiger partial charge in [0.1, 0.15) is 0 Å². The van der Waals surface area contributed by atoms with Crippen LogP contribution in [0.1, 0.15) is 24.2 Å². The Morgan fingerprint density at radius 2 is 1.68 bits per heavy atom. The summed E-state index contributed by atoms with van der Waals surface area (Å²) < 4.78 is 29.9. The fourth-order valence-electron chi connectivity index (χ4n) is 4.63. The number of rotatable bonds is 6. The minimum Gasteiger partial charge on any atom is -0.368 e. The highest BCUT2D eigenvalue weighted by atomic mass is 35.5. The summed E-state index contributed by atoms with van der Waals surface area (Å²) >= 11 is 6.31. The zero-order valence-electron chi connectivity index (χ0n) is 20.0. The number of anilines is 1. The molecule has 1 aromatic heterocycles. The lowest BCUT2D eigenvalue weighted by atomic mass is 10.2. The number of halogens is 1. The zero-order chi connectivity index (χ0) is 24.5. The highest BCUT2D eigenvalue weighted by Gasteiger charge is 2.36. The molecule has 0 spiro atoms. The van der Waals surface area contributed by atoms with Gasteiger partial charge in [0.25, 0.3) is 15.9 Å². The molecule has 1 amide bonds. The Labute approximate surface area is 206 Å². The SMILES string of the molecule is CC(C)CN1CCN(C(=O)c2cn(C)nc2S(=O)(=O)N2CCN(c3ccccc3Cl)CC2)CC1. The molecule has 0 atom stereocenters. The molecule has 2 aliphatic rings. The van der Waals surface area contributed by atoms with E-state index >= 15 is 0 Å². The van der Waals surface area contributed by atoms with Gasteiger partial charge in [-0.25, -0.2) is 8.42 Å². The number of para-hydroxylation sites is 1. The van der Waals surface area contributed by atoms with Gasteiger partial charge in [-0.15, -0.1) is 0 Å². The van der Waals surface area contributed by atoms with Gasteiger partial charge < -0.3 is 9.80 Å². The molecule has 2 saturated heterocycles. The van der Waals surface area contributed by atoms with E-state index in [1.165, 1.54) is 15.2 Å². The Kier molecular flexibility index (Phi) is 7.51. The number of hydrogen-bond donors (Lipinski definition) is 0. The number of aromatic nitrogens is 2. The molecule has 4 rings (SSSR count). The van der Waals surface area contributed by atoms with Crippen LogP contribution < -0.4 is 4.90 Å². The minimum atomic E-state index is -3.91. The molecule has 0 radical (unpaired) electrons. The van der Waals surface area contributed by atoms with Crippen LogP contribution in [0.4, 0.5) is 5.69 Å². The number of piperazine rings is 2. The molecular weight excluding hydrogens is 476 g/mol. The average molecular weight is 509 g/mol. The zero-order valence-corrected chi connectivity index (χ0v) is 21.6. The number of nitrogens with zero attached hydrogens (tertiary/aromatic N) is 6. The molecule has 0 N–H and O–H groups in total. The second-order valence-electron chi connectivity index (χ2n) is 9.35. The first-order valence-electron chi connectivity index (χ1n) is 11.7. The van der Waals surface area contributed by atoms with Crippen molar-refractivity contribution in [3.63, 3.8) is 0 Å². The van der Waals surface area contributed by atoms with Crippen LogP contribution in [0.3, 0.4) is 0 Å². The summed E-state index contributed by atoms with van der Waals surface area (Å²) in [6, 6.07) is 7.55. The van der Waals surface area contributed by atoms with Crippen LogP contribution in [0.15, 0.2) is 35.5 Å². The summed E-state index contributed by atoms with van der Waals surface area (Å²) in [6.07, 6.45) is 1.52. The van der Waals surface area contributed by atoms with E-state index in [0.717, 1.165) is 25.3 Å². The van der Waals surface area contributed by atoms with E-state index in [1.807, 2.05) is 24.3 Å². The van der Waals surface area contributed by atoms with Gasteiger partial charge in [-0.3, -0.25) is 14.4 Å². The van der Waals surface area contributed by atoms with E-state index in [-0.39, 0.29) is 16.5 Å². The molecule has 9 nitrogen and oxygen atoms in total. The normalized spacial score (nSPS) is 18.6. The number of amides is 1. The van der Waals surface area contributed by atoms with Crippen molar-refractivity contribution in [1.29, 1.82) is 0 Å². The number of hydrogen-bond acceptors (Lipinski definition) is 6. The number of sulfonamides is 1. The van der Waals surface area contributed by atoms with E-state index in [2.05, 4.69) is 28.7 Å². The van der Waals surface area contributed by atoms with E-state index in [4.69, 9.17) is 11.6 Å². The molecule has 34 heavy (non-hydrogen) atoms. The van der Waals surface area contributed by atoms with Crippen LogP contribution in [-0.4, -0.2) is 97.1 Å². The Balaban J connectivity index is 1.46. The highest BCUT2D eigenvalue weighted by Crippen LogP contribution is 2.28. The first kappa shape index (κ1) is 25.0. The second kappa shape index (κ2) is 10.2. The van der Waals surface area contributed by atoms with Crippen molar-refractivity contribution in [3.8, 4) is 0 Å². The van der Waals surface area contributed by atoms with Gasteiger partial charge in [-0.1, -0.05) is 37.6 Å². The standard InChI is InChI=1S/C23H33ClN6O3S/c1-18(2)16-27-8-10-29(11-9-27)23(31)19-17-26(3)25-22(19)34(32,33)30-14-12-28(13-15-30)21-7-5-4-6-20(21)24/h4-7,17-18H,8-16H2,1-3H3. The van der Waals surface area contributed by atoms with Crippen molar-refractivity contribution in [2.75, 3.05) is 63.8 Å². The smallest absolute Gasteiger partial charge is 0.263 e. The maximum Gasteiger partial charge on any atom is 0.263 e. The predicted molar refractivity (Wildman–Crippen MR) is 133 cm³/mol. The Hall–Kier alpha value is -2.14. The fraction of sp³-hybridized carbons (Fsp3) is 0.565. The van der Waals surface area contributed by atoms with E-state index in [9.17, 15) is 13.2 Å². The lowest BCUT2D eigenvalue weighted by Crippen LogP contribution is -2.50. The third-order valence-corrected chi connectivity index (χ3v) is 8.48. The van der Waals surface area contributed by atoms with Crippen molar-refractivity contribution in [3.05, 3.63) is 41.0 Å². The number of benzene rings is 1. The van der Waals surface area contributed by atoms with Gasteiger partial charge in [0.05, 0.1) is 16.3 Å². The monoisotopic (exact) mass is 508 g/mol. The van der Waals surface area contributed by atoms with E-state index in [1.54, 1.807) is 11.9 Å².